The number of nitriles is 1. The normalized spacial score (nSPS) is 12.0. The van der Waals surface area contributed by atoms with Gasteiger partial charge in [-0.1, -0.05) is 29.8 Å². The van der Waals surface area contributed by atoms with E-state index in [-0.39, 0.29) is 17.4 Å². The number of halogens is 1. The fraction of sp³-hybridized carbons (Fsp3) is 0.353. The highest BCUT2D eigenvalue weighted by Gasteiger charge is 2.20. The van der Waals surface area contributed by atoms with Crippen molar-refractivity contribution in [2.24, 2.45) is 14.1 Å². The lowest BCUT2D eigenvalue weighted by molar-refractivity contribution is 0.311. The summed E-state index contributed by atoms with van der Waals surface area (Å²) in [5.74, 6) is 0.203. The molecule has 0 aliphatic heterocycles. The smallest absolute Gasteiger partial charge is 0.332 e. The number of hydrogen-bond donors (Lipinski definition) is 1. The molecule has 0 radical (unpaired) electrons. The first-order valence-electron chi connectivity index (χ1n) is 7.64. The van der Waals surface area contributed by atoms with Crippen molar-refractivity contribution in [2.45, 2.75) is 6.04 Å². The Labute approximate surface area is 150 Å². The van der Waals surface area contributed by atoms with E-state index in [9.17, 15) is 14.9 Å². The monoisotopic (exact) mass is 361 g/mol. The van der Waals surface area contributed by atoms with Crippen LogP contribution >= 0.6 is 11.6 Å². The maximum atomic E-state index is 12.2. The highest BCUT2D eigenvalue weighted by Crippen LogP contribution is 2.26. The van der Waals surface area contributed by atoms with Crippen LogP contribution in [0.2, 0.25) is 5.02 Å². The SMILES string of the molecule is CN(C)[C@@H](CNc1c(C#N)c(=O)n(C)c(=O)n1C)c1ccccc1Cl. The second-order valence-electron chi connectivity index (χ2n) is 5.92. The molecule has 0 bridgehead atoms. The van der Waals surface area contributed by atoms with Crippen molar-refractivity contribution in [2.75, 3.05) is 26.0 Å². The number of nitrogens with one attached hydrogen (secondary N) is 1. The van der Waals surface area contributed by atoms with E-state index in [0.717, 1.165) is 10.1 Å². The van der Waals surface area contributed by atoms with Crippen LogP contribution in [0.25, 0.3) is 0 Å². The largest absolute Gasteiger partial charge is 0.368 e. The molecule has 1 heterocycles. The molecule has 0 aliphatic rings. The number of rotatable bonds is 5. The van der Waals surface area contributed by atoms with Gasteiger partial charge in [0.1, 0.15) is 11.9 Å². The lowest BCUT2D eigenvalue weighted by Crippen LogP contribution is -2.40. The molecular weight excluding hydrogens is 342 g/mol. The van der Waals surface area contributed by atoms with Crippen molar-refractivity contribution < 1.29 is 0 Å². The fourth-order valence-corrected chi connectivity index (χ4v) is 2.92. The zero-order chi connectivity index (χ0) is 18.7. The summed E-state index contributed by atoms with van der Waals surface area (Å²) in [5, 5.41) is 13.0. The Bertz CT molecular complexity index is 940. The molecule has 0 saturated carbocycles. The van der Waals surface area contributed by atoms with Crippen LogP contribution in [0.15, 0.2) is 33.9 Å². The van der Waals surface area contributed by atoms with Gasteiger partial charge in [0.25, 0.3) is 5.56 Å². The van der Waals surface area contributed by atoms with Crippen molar-refractivity contribution in [3.05, 3.63) is 61.3 Å². The van der Waals surface area contributed by atoms with Crippen LogP contribution in [-0.2, 0) is 14.1 Å². The molecule has 1 atom stereocenters. The van der Waals surface area contributed by atoms with Crippen LogP contribution < -0.4 is 16.6 Å². The topological polar surface area (TPSA) is 83.1 Å². The van der Waals surface area contributed by atoms with Gasteiger partial charge in [-0.15, -0.1) is 0 Å². The van der Waals surface area contributed by atoms with Crippen LogP contribution in [0.3, 0.4) is 0 Å². The van der Waals surface area contributed by atoms with E-state index in [1.807, 2.05) is 49.3 Å². The molecule has 0 fully saturated rings. The molecule has 7 nitrogen and oxygen atoms in total. The third kappa shape index (κ3) is 3.60. The summed E-state index contributed by atoms with van der Waals surface area (Å²) in [6.07, 6.45) is 0. The Morgan fingerprint density at radius 3 is 2.44 bits per heavy atom. The molecule has 0 saturated heterocycles. The molecule has 132 valence electrons. The van der Waals surface area contributed by atoms with Gasteiger partial charge in [0.15, 0.2) is 5.56 Å². The van der Waals surface area contributed by atoms with E-state index in [1.54, 1.807) is 0 Å². The predicted molar refractivity (Wildman–Crippen MR) is 98.0 cm³/mol. The zero-order valence-corrected chi connectivity index (χ0v) is 15.3. The van der Waals surface area contributed by atoms with Gasteiger partial charge in [-0.2, -0.15) is 5.26 Å². The van der Waals surface area contributed by atoms with E-state index in [1.165, 1.54) is 18.7 Å². The maximum absolute atomic E-state index is 12.2. The Balaban J connectivity index is 2.44. The minimum Gasteiger partial charge on any atom is -0.368 e. The molecule has 1 aromatic carbocycles. The number of benzene rings is 1. The van der Waals surface area contributed by atoms with Crippen molar-refractivity contribution in [3.63, 3.8) is 0 Å². The highest BCUT2D eigenvalue weighted by molar-refractivity contribution is 6.31. The molecule has 1 N–H and O–H groups in total. The molecule has 0 aliphatic carbocycles. The summed E-state index contributed by atoms with van der Waals surface area (Å²) in [7, 11) is 6.68. The van der Waals surface area contributed by atoms with Gasteiger partial charge in [0.2, 0.25) is 0 Å². The number of nitrogens with zero attached hydrogens (tertiary/aromatic N) is 4. The molecule has 25 heavy (non-hydrogen) atoms. The Hall–Kier alpha value is -2.56. The van der Waals surface area contributed by atoms with Gasteiger partial charge in [-0.25, -0.2) is 4.79 Å². The average Bonchev–Trinajstić information content (AvgIpc) is 2.58. The van der Waals surface area contributed by atoms with E-state index >= 15 is 0 Å². The third-order valence-corrected chi connectivity index (χ3v) is 4.47. The Kier molecular flexibility index (Phi) is 5.67. The molecule has 0 amide bonds. The number of anilines is 1. The Morgan fingerprint density at radius 2 is 1.88 bits per heavy atom. The second kappa shape index (κ2) is 7.55. The number of likely N-dealkylation sites (N-methyl/N-ethyl adjacent to an activating group) is 1. The summed E-state index contributed by atoms with van der Waals surface area (Å²) in [6.45, 7) is 0.367. The minimum atomic E-state index is -0.618. The van der Waals surface area contributed by atoms with Gasteiger partial charge in [-0.3, -0.25) is 13.9 Å². The van der Waals surface area contributed by atoms with Gasteiger partial charge in [0, 0.05) is 25.7 Å². The summed E-state index contributed by atoms with van der Waals surface area (Å²) in [4.78, 5) is 26.2. The molecular formula is C17H20ClN5O2. The van der Waals surface area contributed by atoms with Crippen LogP contribution in [-0.4, -0.2) is 34.7 Å². The molecule has 0 unspecified atom stereocenters. The van der Waals surface area contributed by atoms with Crippen molar-refractivity contribution in [1.82, 2.24) is 14.0 Å². The summed E-state index contributed by atoms with van der Waals surface area (Å²) < 4.78 is 2.18. The molecule has 8 heteroatoms. The quantitative estimate of drug-likeness (QED) is 0.868. The molecule has 2 aromatic rings. The summed E-state index contributed by atoms with van der Waals surface area (Å²) in [6, 6.07) is 9.24. The van der Waals surface area contributed by atoms with Crippen molar-refractivity contribution >= 4 is 17.4 Å². The van der Waals surface area contributed by atoms with Crippen LogP contribution in [0.5, 0.6) is 0 Å². The lowest BCUT2D eigenvalue weighted by Gasteiger charge is -2.27. The van der Waals surface area contributed by atoms with Crippen molar-refractivity contribution in [1.29, 1.82) is 5.26 Å². The average molecular weight is 362 g/mol. The van der Waals surface area contributed by atoms with Crippen LogP contribution in [0, 0.1) is 11.3 Å². The van der Waals surface area contributed by atoms with Gasteiger partial charge >= 0.3 is 5.69 Å². The first kappa shape index (κ1) is 18.8. The molecule has 0 spiro atoms. The standard InChI is InChI=1S/C17H20ClN5O2/c1-21(2)14(11-7-5-6-8-13(11)18)10-20-15-12(9-19)16(24)23(4)17(25)22(15)3/h5-8,14,20H,10H2,1-4H3/t14-/m0/s1. The number of aromatic nitrogens is 2. The zero-order valence-electron chi connectivity index (χ0n) is 14.6. The van der Waals surface area contributed by atoms with Crippen LogP contribution in [0.4, 0.5) is 5.82 Å². The van der Waals surface area contributed by atoms with E-state index in [2.05, 4.69) is 5.32 Å². The predicted octanol–water partition coefficient (Wildman–Crippen LogP) is 1.32. The van der Waals surface area contributed by atoms with E-state index in [4.69, 9.17) is 11.6 Å². The van der Waals surface area contributed by atoms with Crippen molar-refractivity contribution in [3.8, 4) is 6.07 Å². The lowest BCUT2D eigenvalue weighted by atomic mass is 10.1. The van der Waals surface area contributed by atoms with Gasteiger partial charge in [0.05, 0.1) is 6.04 Å². The van der Waals surface area contributed by atoms with E-state index < -0.39 is 11.2 Å². The Morgan fingerprint density at radius 1 is 1.24 bits per heavy atom. The van der Waals surface area contributed by atoms with Crippen LogP contribution in [0.1, 0.15) is 17.2 Å². The first-order valence-corrected chi connectivity index (χ1v) is 8.02. The summed E-state index contributed by atoms with van der Waals surface area (Å²) >= 11 is 6.29. The first-order chi connectivity index (χ1) is 11.8. The van der Waals surface area contributed by atoms with E-state index in [0.29, 0.717) is 11.6 Å². The van der Waals surface area contributed by atoms with Gasteiger partial charge < -0.3 is 10.2 Å². The second-order valence-corrected chi connectivity index (χ2v) is 6.33. The fourth-order valence-electron chi connectivity index (χ4n) is 2.66. The maximum Gasteiger partial charge on any atom is 0.332 e. The summed E-state index contributed by atoms with van der Waals surface area (Å²) in [5.41, 5.74) is -0.298. The highest BCUT2D eigenvalue weighted by atomic mass is 35.5. The molecule has 2 rings (SSSR count). The molecule has 1 aromatic heterocycles. The van der Waals surface area contributed by atoms with Gasteiger partial charge in [-0.05, 0) is 25.7 Å². The third-order valence-electron chi connectivity index (χ3n) is 4.13. The minimum absolute atomic E-state index is 0.0961. The number of hydrogen-bond acceptors (Lipinski definition) is 5.